The van der Waals surface area contributed by atoms with Crippen molar-refractivity contribution in [3.8, 4) is 0 Å². The maximum Gasteiger partial charge on any atom is 0.128 e. The molecule has 0 bridgehead atoms. The zero-order valence-corrected chi connectivity index (χ0v) is 9.82. The van der Waals surface area contributed by atoms with Crippen LogP contribution in [0.1, 0.15) is 19.8 Å². The number of aromatic nitrogens is 1. The fourth-order valence-corrected chi connectivity index (χ4v) is 2.38. The molecule has 1 aromatic heterocycles. The van der Waals surface area contributed by atoms with Crippen LogP contribution in [0.3, 0.4) is 0 Å². The number of piperidine rings is 1. The van der Waals surface area contributed by atoms with Crippen molar-refractivity contribution in [2.75, 3.05) is 18.0 Å². The Morgan fingerprint density at radius 3 is 2.67 bits per heavy atom. The van der Waals surface area contributed by atoms with Crippen molar-refractivity contribution < 1.29 is 0 Å². The van der Waals surface area contributed by atoms with Gasteiger partial charge in [-0.05, 0) is 37.8 Å². The lowest BCUT2D eigenvalue weighted by Gasteiger charge is -2.33. The van der Waals surface area contributed by atoms with Gasteiger partial charge in [0.1, 0.15) is 5.82 Å². The lowest BCUT2D eigenvalue weighted by molar-refractivity contribution is 0.399. The first-order chi connectivity index (χ1) is 7.27. The zero-order valence-electron chi connectivity index (χ0n) is 9.06. The molecule has 0 N–H and O–H groups in total. The van der Waals surface area contributed by atoms with Gasteiger partial charge in [0.25, 0.3) is 0 Å². The zero-order chi connectivity index (χ0) is 10.7. The lowest BCUT2D eigenvalue weighted by atomic mass is 9.94. The molecule has 1 atom stereocenters. The maximum atomic E-state index is 6.12. The summed E-state index contributed by atoms with van der Waals surface area (Å²) in [6.07, 6.45) is 4.22. The highest BCUT2D eigenvalue weighted by Gasteiger charge is 2.22. The van der Waals surface area contributed by atoms with Crippen molar-refractivity contribution in [2.24, 2.45) is 5.92 Å². The van der Waals surface area contributed by atoms with Gasteiger partial charge in [0, 0.05) is 24.7 Å². The highest BCUT2D eigenvalue weighted by atomic mass is 35.5. The summed E-state index contributed by atoms with van der Waals surface area (Å²) in [4.78, 5) is 6.71. The van der Waals surface area contributed by atoms with Gasteiger partial charge in [-0.3, -0.25) is 0 Å². The maximum absolute atomic E-state index is 6.12. The number of alkyl halides is 1. The van der Waals surface area contributed by atoms with E-state index in [1.54, 1.807) is 0 Å². The molecule has 1 unspecified atom stereocenters. The number of pyridine rings is 1. The fraction of sp³-hybridized carbons (Fsp3) is 0.583. The summed E-state index contributed by atoms with van der Waals surface area (Å²) < 4.78 is 0. The van der Waals surface area contributed by atoms with Crippen molar-refractivity contribution in [3.63, 3.8) is 0 Å². The average Bonchev–Trinajstić information content (AvgIpc) is 2.30. The first-order valence-electron chi connectivity index (χ1n) is 5.57. The van der Waals surface area contributed by atoms with Gasteiger partial charge in [-0.2, -0.15) is 0 Å². The van der Waals surface area contributed by atoms with Crippen LogP contribution in [0.25, 0.3) is 0 Å². The van der Waals surface area contributed by atoms with Gasteiger partial charge in [0.05, 0.1) is 0 Å². The second-order valence-corrected chi connectivity index (χ2v) is 4.88. The predicted molar refractivity (Wildman–Crippen MR) is 64.5 cm³/mol. The van der Waals surface area contributed by atoms with Gasteiger partial charge in [-0.15, -0.1) is 11.6 Å². The van der Waals surface area contributed by atoms with Gasteiger partial charge < -0.3 is 4.90 Å². The topological polar surface area (TPSA) is 16.1 Å². The van der Waals surface area contributed by atoms with E-state index >= 15 is 0 Å². The number of halogens is 1. The third-order valence-electron chi connectivity index (χ3n) is 3.16. The van der Waals surface area contributed by atoms with Crippen LogP contribution in [0, 0.1) is 5.92 Å². The van der Waals surface area contributed by atoms with Crippen LogP contribution in [0.2, 0.25) is 0 Å². The number of rotatable bonds is 2. The second kappa shape index (κ2) is 4.84. The van der Waals surface area contributed by atoms with Crippen LogP contribution >= 0.6 is 11.6 Å². The number of nitrogens with zero attached hydrogens (tertiary/aromatic N) is 2. The third-order valence-corrected chi connectivity index (χ3v) is 3.52. The van der Waals surface area contributed by atoms with Crippen molar-refractivity contribution in [1.29, 1.82) is 0 Å². The molecule has 0 aromatic carbocycles. The molecule has 1 aliphatic rings. The van der Waals surface area contributed by atoms with Crippen molar-refractivity contribution in [3.05, 3.63) is 24.4 Å². The van der Waals surface area contributed by atoms with Crippen LogP contribution in [-0.4, -0.2) is 23.5 Å². The van der Waals surface area contributed by atoms with Crippen molar-refractivity contribution in [1.82, 2.24) is 4.98 Å². The fourth-order valence-electron chi connectivity index (χ4n) is 2.13. The summed E-state index contributed by atoms with van der Waals surface area (Å²) in [5.41, 5.74) is 0. The molecule has 2 heterocycles. The average molecular weight is 225 g/mol. The molecule has 0 spiro atoms. The Morgan fingerprint density at radius 1 is 1.40 bits per heavy atom. The lowest BCUT2D eigenvalue weighted by Crippen LogP contribution is -2.36. The molecule has 0 radical (unpaired) electrons. The van der Waals surface area contributed by atoms with E-state index in [1.165, 1.54) is 12.8 Å². The van der Waals surface area contributed by atoms with E-state index in [4.69, 9.17) is 11.6 Å². The highest BCUT2D eigenvalue weighted by Crippen LogP contribution is 2.25. The largest absolute Gasteiger partial charge is 0.357 e. The van der Waals surface area contributed by atoms with E-state index in [-0.39, 0.29) is 0 Å². The monoisotopic (exact) mass is 224 g/mol. The standard InChI is InChI=1S/C12H17ClN2/c1-10(13)11-5-8-15(9-6-11)12-4-2-3-7-14-12/h2-4,7,10-11H,5-6,8-9H2,1H3. The smallest absolute Gasteiger partial charge is 0.128 e. The summed E-state index contributed by atoms with van der Waals surface area (Å²) in [5.74, 6) is 1.77. The Hall–Kier alpha value is -0.760. The van der Waals surface area contributed by atoms with E-state index in [9.17, 15) is 0 Å². The Bertz CT molecular complexity index is 292. The molecular formula is C12H17ClN2. The van der Waals surface area contributed by atoms with Crippen molar-refractivity contribution in [2.45, 2.75) is 25.1 Å². The van der Waals surface area contributed by atoms with E-state index in [0.29, 0.717) is 11.3 Å². The Morgan fingerprint density at radius 2 is 2.13 bits per heavy atom. The van der Waals surface area contributed by atoms with E-state index < -0.39 is 0 Å². The Balaban J connectivity index is 1.94. The van der Waals surface area contributed by atoms with E-state index in [2.05, 4.69) is 22.9 Å². The Labute approximate surface area is 96.3 Å². The van der Waals surface area contributed by atoms with Crippen LogP contribution < -0.4 is 4.90 Å². The molecule has 15 heavy (non-hydrogen) atoms. The van der Waals surface area contributed by atoms with Gasteiger partial charge in [-0.1, -0.05) is 6.07 Å². The minimum absolute atomic E-state index is 0.302. The number of anilines is 1. The molecule has 1 saturated heterocycles. The molecule has 0 amide bonds. The summed E-state index contributed by atoms with van der Waals surface area (Å²) >= 11 is 6.12. The van der Waals surface area contributed by atoms with Crippen LogP contribution in [0.4, 0.5) is 5.82 Å². The molecule has 1 aliphatic heterocycles. The third kappa shape index (κ3) is 2.63. The van der Waals surface area contributed by atoms with Crippen molar-refractivity contribution >= 4 is 17.4 Å². The van der Waals surface area contributed by atoms with Gasteiger partial charge >= 0.3 is 0 Å². The van der Waals surface area contributed by atoms with Crippen LogP contribution in [0.5, 0.6) is 0 Å². The molecule has 82 valence electrons. The first kappa shape index (κ1) is 10.7. The molecular weight excluding hydrogens is 208 g/mol. The molecule has 0 saturated carbocycles. The minimum Gasteiger partial charge on any atom is -0.357 e. The molecule has 1 aromatic rings. The summed E-state index contributed by atoms with van der Waals surface area (Å²) in [7, 11) is 0. The minimum atomic E-state index is 0.302. The normalized spacial score (nSPS) is 20.3. The number of hydrogen-bond acceptors (Lipinski definition) is 2. The van der Waals surface area contributed by atoms with Gasteiger partial charge in [0.2, 0.25) is 0 Å². The first-order valence-corrected chi connectivity index (χ1v) is 6.01. The quantitative estimate of drug-likeness (QED) is 0.719. The molecule has 1 fully saturated rings. The van der Waals surface area contributed by atoms with Crippen LogP contribution in [-0.2, 0) is 0 Å². The van der Waals surface area contributed by atoms with Gasteiger partial charge in [-0.25, -0.2) is 4.98 Å². The summed E-state index contributed by atoms with van der Waals surface area (Å²) in [6.45, 7) is 4.26. The summed E-state index contributed by atoms with van der Waals surface area (Å²) in [6, 6.07) is 6.07. The SMILES string of the molecule is CC(Cl)C1CCN(c2ccccn2)CC1. The second-order valence-electron chi connectivity index (χ2n) is 4.19. The van der Waals surface area contributed by atoms with Crippen LogP contribution in [0.15, 0.2) is 24.4 Å². The molecule has 0 aliphatic carbocycles. The molecule has 2 nitrogen and oxygen atoms in total. The molecule has 3 heteroatoms. The Kier molecular flexibility index (Phi) is 3.47. The molecule has 2 rings (SSSR count). The van der Waals surface area contributed by atoms with Gasteiger partial charge in [0.15, 0.2) is 0 Å². The van der Waals surface area contributed by atoms with E-state index in [0.717, 1.165) is 18.9 Å². The summed E-state index contributed by atoms with van der Waals surface area (Å²) in [5, 5.41) is 0.302. The van der Waals surface area contributed by atoms with E-state index in [1.807, 2.05) is 18.3 Å². The highest BCUT2D eigenvalue weighted by molar-refractivity contribution is 6.20. The number of hydrogen-bond donors (Lipinski definition) is 0. The predicted octanol–water partition coefficient (Wildman–Crippen LogP) is 2.93.